The number of ether oxygens (including phenoxy) is 1. The van der Waals surface area contributed by atoms with E-state index in [-0.39, 0.29) is 11.9 Å². The molecule has 0 aliphatic carbocycles. The minimum Gasteiger partial charge on any atom is -0.377 e. The molecular weight excluding hydrogens is 296 g/mol. The smallest absolute Gasteiger partial charge is 0.227 e. The van der Waals surface area contributed by atoms with Gasteiger partial charge in [0.1, 0.15) is 0 Å². The number of aryl methyl sites for hydroxylation is 1. The van der Waals surface area contributed by atoms with Gasteiger partial charge in [-0.1, -0.05) is 24.3 Å². The third kappa shape index (κ3) is 3.36. The zero-order chi connectivity index (χ0) is 15.5. The number of nitrogens with zero attached hydrogens (tertiary/aromatic N) is 2. The van der Waals surface area contributed by atoms with Crippen molar-refractivity contribution in [1.82, 2.24) is 9.88 Å². The van der Waals surface area contributed by atoms with Gasteiger partial charge in [-0.2, -0.15) is 0 Å². The summed E-state index contributed by atoms with van der Waals surface area (Å²) in [4.78, 5) is 18.8. The Morgan fingerprint density at radius 2 is 2.18 bits per heavy atom. The lowest BCUT2D eigenvalue weighted by atomic mass is 10.1. The van der Waals surface area contributed by atoms with E-state index in [4.69, 9.17) is 4.74 Å². The van der Waals surface area contributed by atoms with Gasteiger partial charge in [-0.05, 0) is 19.4 Å². The average molecular weight is 316 g/mol. The minimum absolute atomic E-state index is 0.165. The number of carbonyl (C=O) groups is 1. The van der Waals surface area contributed by atoms with Crippen molar-refractivity contribution in [2.45, 2.75) is 26.3 Å². The first-order chi connectivity index (χ1) is 10.6. The number of benzene rings is 1. The van der Waals surface area contributed by atoms with Crippen LogP contribution in [0.5, 0.6) is 0 Å². The Bertz CT molecular complexity index is 651. The van der Waals surface area contributed by atoms with E-state index in [1.807, 2.05) is 43.0 Å². The molecule has 1 aliphatic rings. The van der Waals surface area contributed by atoms with Crippen molar-refractivity contribution in [2.24, 2.45) is 0 Å². The maximum atomic E-state index is 12.4. The number of hydrogen-bond acceptors (Lipinski definition) is 4. The molecule has 3 rings (SSSR count). The van der Waals surface area contributed by atoms with E-state index < -0.39 is 0 Å². The van der Waals surface area contributed by atoms with Gasteiger partial charge in [-0.3, -0.25) is 4.79 Å². The predicted octanol–water partition coefficient (Wildman–Crippen LogP) is 2.91. The SMILES string of the molecule is Cc1nc(-c2ccc(CC(=O)N3CCOC[C@H]3C)cc2)cs1. The van der Waals surface area contributed by atoms with Crippen LogP contribution < -0.4 is 0 Å². The van der Waals surface area contributed by atoms with Crippen LogP contribution in [0.4, 0.5) is 0 Å². The van der Waals surface area contributed by atoms with Crippen LogP contribution in [0.1, 0.15) is 17.5 Å². The van der Waals surface area contributed by atoms with E-state index in [0.29, 0.717) is 26.2 Å². The average Bonchev–Trinajstić information content (AvgIpc) is 2.95. The molecule has 0 bridgehead atoms. The van der Waals surface area contributed by atoms with Crippen LogP contribution in [-0.2, 0) is 16.0 Å². The second-order valence-electron chi connectivity index (χ2n) is 5.64. The summed E-state index contributed by atoms with van der Waals surface area (Å²) in [5, 5.41) is 3.13. The first kappa shape index (κ1) is 15.2. The topological polar surface area (TPSA) is 42.4 Å². The molecule has 1 atom stereocenters. The summed E-state index contributed by atoms with van der Waals surface area (Å²) >= 11 is 1.65. The molecule has 0 radical (unpaired) electrons. The van der Waals surface area contributed by atoms with Crippen LogP contribution in [0.3, 0.4) is 0 Å². The van der Waals surface area contributed by atoms with Crippen molar-refractivity contribution < 1.29 is 9.53 Å². The number of hydrogen-bond donors (Lipinski definition) is 0. The van der Waals surface area contributed by atoms with Crippen LogP contribution in [0.15, 0.2) is 29.6 Å². The molecule has 1 aliphatic heterocycles. The number of morpholine rings is 1. The Morgan fingerprint density at radius 3 is 2.82 bits per heavy atom. The fourth-order valence-corrected chi connectivity index (χ4v) is 3.29. The molecular formula is C17H20N2O2S. The van der Waals surface area contributed by atoms with Crippen LogP contribution in [0.2, 0.25) is 0 Å². The minimum atomic E-state index is 0.165. The fourth-order valence-electron chi connectivity index (χ4n) is 2.66. The van der Waals surface area contributed by atoms with Gasteiger partial charge in [0.15, 0.2) is 0 Å². The molecule has 1 aromatic heterocycles. The molecule has 2 aromatic rings. The highest BCUT2D eigenvalue weighted by atomic mass is 32.1. The zero-order valence-electron chi connectivity index (χ0n) is 12.9. The summed E-state index contributed by atoms with van der Waals surface area (Å²) in [6, 6.07) is 8.29. The van der Waals surface area contributed by atoms with Gasteiger partial charge >= 0.3 is 0 Å². The quantitative estimate of drug-likeness (QED) is 0.874. The van der Waals surface area contributed by atoms with E-state index in [9.17, 15) is 4.79 Å². The van der Waals surface area contributed by atoms with E-state index in [2.05, 4.69) is 10.4 Å². The highest BCUT2D eigenvalue weighted by molar-refractivity contribution is 7.09. The summed E-state index contributed by atoms with van der Waals surface area (Å²) < 4.78 is 5.38. The Balaban J connectivity index is 1.67. The van der Waals surface area contributed by atoms with Crippen molar-refractivity contribution in [3.05, 3.63) is 40.2 Å². The molecule has 1 amide bonds. The number of rotatable bonds is 3. The lowest BCUT2D eigenvalue weighted by Gasteiger charge is -2.33. The Kier molecular flexibility index (Phi) is 4.55. The molecule has 0 spiro atoms. The molecule has 1 aromatic carbocycles. The molecule has 4 nitrogen and oxygen atoms in total. The van der Waals surface area contributed by atoms with Gasteiger partial charge in [-0.25, -0.2) is 4.98 Å². The second-order valence-corrected chi connectivity index (χ2v) is 6.70. The zero-order valence-corrected chi connectivity index (χ0v) is 13.7. The molecule has 1 saturated heterocycles. The van der Waals surface area contributed by atoms with E-state index in [0.717, 1.165) is 21.8 Å². The molecule has 5 heteroatoms. The highest BCUT2D eigenvalue weighted by Crippen LogP contribution is 2.22. The third-order valence-corrected chi connectivity index (χ3v) is 4.69. The maximum Gasteiger partial charge on any atom is 0.227 e. The van der Waals surface area contributed by atoms with Crippen molar-refractivity contribution in [3.63, 3.8) is 0 Å². The number of aromatic nitrogens is 1. The van der Waals surface area contributed by atoms with Gasteiger partial charge < -0.3 is 9.64 Å². The van der Waals surface area contributed by atoms with Gasteiger partial charge in [0.25, 0.3) is 0 Å². The second kappa shape index (κ2) is 6.58. The number of thiazole rings is 1. The molecule has 1 fully saturated rings. The fraction of sp³-hybridized carbons (Fsp3) is 0.412. The van der Waals surface area contributed by atoms with Gasteiger partial charge in [-0.15, -0.1) is 11.3 Å². The van der Waals surface area contributed by atoms with Crippen LogP contribution in [0.25, 0.3) is 11.3 Å². The van der Waals surface area contributed by atoms with Gasteiger partial charge in [0, 0.05) is 17.5 Å². The van der Waals surface area contributed by atoms with Crippen molar-refractivity contribution >= 4 is 17.2 Å². The molecule has 0 saturated carbocycles. The summed E-state index contributed by atoms with van der Waals surface area (Å²) in [6.07, 6.45) is 0.445. The predicted molar refractivity (Wildman–Crippen MR) is 88.0 cm³/mol. The summed E-state index contributed by atoms with van der Waals surface area (Å²) in [6.45, 7) is 6.00. The Labute approximate surface area is 134 Å². The first-order valence-electron chi connectivity index (χ1n) is 7.52. The van der Waals surface area contributed by atoms with Gasteiger partial charge in [0.05, 0.1) is 36.4 Å². The summed E-state index contributed by atoms with van der Waals surface area (Å²) in [5.41, 5.74) is 3.14. The molecule has 2 heterocycles. The van der Waals surface area contributed by atoms with Crippen LogP contribution in [-0.4, -0.2) is 41.6 Å². The van der Waals surface area contributed by atoms with E-state index >= 15 is 0 Å². The Morgan fingerprint density at radius 1 is 1.41 bits per heavy atom. The summed E-state index contributed by atoms with van der Waals surface area (Å²) in [5.74, 6) is 0.174. The summed E-state index contributed by atoms with van der Waals surface area (Å²) in [7, 11) is 0. The van der Waals surface area contributed by atoms with Gasteiger partial charge in [0.2, 0.25) is 5.91 Å². The largest absolute Gasteiger partial charge is 0.377 e. The normalized spacial score (nSPS) is 18.5. The lowest BCUT2D eigenvalue weighted by Crippen LogP contribution is -2.47. The molecule has 22 heavy (non-hydrogen) atoms. The van der Waals surface area contributed by atoms with Crippen LogP contribution >= 0.6 is 11.3 Å². The van der Waals surface area contributed by atoms with Crippen molar-refractivity contribution in [2.75, 3.05) is 19.8 Å². The highest BCUT2D eigenvalue weighted by Gasteiger charge is 2.23. The van der Waals surface area contributed by atoms with Crippen molar-refractivity contribution in [3.8, 4) is 11.3 Å². The lowest BCUT2D eigenvalue weighted by molar-refractivity contribution is -0.138. The van der Waals surface area contributed by atoms with Crippen molar-refractivity contribution in [1.29, 1.82) is 0 Å². The van der Waals surface area contributed by atoms with E-state index in [1.165, 1.54) is 0 Å². The molecule has 116 valence electrons. The van der Waals surface area contributed by atoms with Crippen LogP contribution in [0, 0.1) is 6.92 Å². The third-order valence-electron chi connectivity index (χ3n) is 3.91. The Hall–Kier alpha value is -1.72. The molecule has 0 unspecified atom stereocenters. The monoisotopic (exact) mass is 316 g/mol. The number of amides is 1. The van der Waals surface area contributed by atoms with E-state index in [1.54, 1.807) is 11.3 Å². The first-order valence-corrected chi connectivity index (χ1v) is 8.40. The molecule has 0 N–H and O–H groups in total. The number of carbonyl (C=O) groups excluding carboxylic acids is 1. The standard InChI is InChI=1S/C17H20N2O2S/c1-12-10-21-8-7-19(12)17(20)9-14-3-5-15(6-4-14)16-11-22-13(2)18-16/h3-6,11-12H,7-10H2,1-2H3/t12-/m1/s1. The maximum absolute atomic E-state index is 12.4.